The zero-order valence-corrected chi connectivity index (χ0v) is 8.96. The average Bonchev–Trinajstić information content (AvgIpc) is 2.11. The minimum atomic E-state index is -0.864. The fourth-order valence-electron chi connectivity index (χ4n) is 1.13. The zero-order chi connectivity index (χ0) is 10.7. The second-order valence-corrected chi connectivity index (χ2v) is 3.77. The number of benzene rings is 1. The molecule has 0 aliphatic rings. The van der Waals surface area contributed by atoms with Crippen molar-refractivity contribution in [1.29, 1.82) is 0 Å². The van der Waals surface area contributed by atoms with Crippen molar-refractivity contribution >= 4 is 15.9 Å². The van der Waals surface area contributed by atoms with E-state index in [2.05, 4.69) is 15.9 Å². The van der Waals surface area contributed by atoms with Gasteiger partial charge in [0.2, 0.25) is 0 Å². The highest BCUT2D eigenvalue weighted by Crippen LogP contribution is 2.31. The van der Waals surface area contributed by atoms with Gasteiger partial charge in [-0.1, -0.05) is 0 Å². The van der Waals surface area contributed by atoms with Crippen molar-refractivity contribution in [2.45, 2.75) is 12.5 Å². The summed E-state index contributed by atoms with van der Waals surface area (Å²) in [5.74, 6) is -0.821. The molecule has 1 aromatic carbocycles. The van der Waals surface area contributed by atoms with E-state index in [0.717, 1.165) is 6.07 Å². The summed E-state index contributed by atoms with van der Waals surface area (Å²) in [4.78, 5) is 0. The zero-order valence-electron chi connectivity index (χ0n) is 7.37. The number of aromatic hydroxyl groups is 1. The second kappa shape index (κ2) is 4.72. The van der Waals surface area contributed by atoms with E-state index in [9.17, 15) is 14.6 Å². The van der Waals surface area contributed by atoms with E-state index in [1.165, 1.54) is 6.07 Å². The Morgan fingerprint density at radius 2 is 2.14 bits per heavy atom. The summed E-state index contributed by atoms with van der Waals surface area (Å²) < 4.78 is 13.1. The SMILES string of the molecule is NCCC(O)c1cc(Br)c(F)cc1O. The molecule has 0 spiro atoms. The van der Waals surface area contributed by atoms with Crippen LogP contribution in [0, 0.1) is 5.82 Å². The smallest absolute Gasteiger partial charge is 0.141 e. The maximum Gasteiger partial charge on any atom is 0.141 e. The Kier molecular flexibility index (Phi) is 3.86. The van der Waals surface area contributed by atoms with Gasteiger partial charge in [-0.05, 0) is 35.0 Å². The van der Waals surface area contributed by atoms with Gasteiger partial charge in [0.25, 0.3) is 0 Å². The van der Waals surface area contributed by atoms with Crippen LogP contribution in [-0.2, 0) is 0 Å². The topological polar surface area (TPSA) is 66.5 Å². The molecule has 14 heavy (non-hydrogen) atoms. The monoisotopic (exact) mass is 263 g/mol. The van der Waals surface area contributed by atoms with Crippen molar-refractivity contribution in [2.24, 2.45) is 5.73 Å². The molecule has 1 atom stereocenters. The molecule has 0 aliphatic heterocycles. The summed E-state index contributed by atoms with van der Waals surface area (Å²) in [5, 5.41) is 18.9. The maximum absolute atomic E-state index is 12.9. The molecule has 0 aromatic heterocycles. The van der Waals surface area contributed by atoms with E-state index < -0.39 is 11.9 Å². The third-order valence-corrected chi connectivity index (χ3v) is 2.48. The minimum absolute atomic E-state index is 0.210. The van der Waals surface area contributed by atoms with Crippen molar-refractivity contribution in [2.75, 3.05) is 6.54 Å². The van der Waals surface area contributed by atoms with Crippen LogP contribution in [0.4, 0.5) is 4.39 Å². The van der Waals surface area contributed by atoms with E-state index >= 15 is 0 Å². The molecular weight excluding hydrogens is 253 g/mol. The van der Waals surface area contributed by atoms with Gasteiger partial charge in [0, 0.05) is 11.6 Å². The molecule has 1 aromatic rings. The highest BCUT2D eigenvalue weighted by atomic mass is 79.9. The third kappa shape index (κ3) is 2.43. The number of aliphatic hydroxyl groups excluding tert-OH is 1. The Hall–Kier alpha value is -0.650. The third-order valence-electron chi connectivity index (χ3n) is 1.87. The first-order valence-corrected chi connectivity index (χ1v) is 4.91. The van der Waals surface area contributed by atoms with Crippen LogP contribution < -0.4 is 5.73 Å². The molecule has 0 fully saturated rings. The number of phenolic OH excluding ortho intramolecular Hbond substituents is 1. The van der Waals surface area contributed by atoms with Gasteiger partial charge in [-0.15, -0.1) is 0 Å². The molecule has 5 heteroatoms. The average molecular weight is 264 g/mol. The van der Waals surface area contributed by atoms with Crippen molar-refractivity contribution in [3.8, 4) is 5.75 Å². The summed E-state index contributed by atoms with van der Waals surface area (Å²) >= 11 is 2.97. The first-order chi connectivity index (χ1) is 6.56. The van der Waals surface area contributed by atoms with Crippen LogP contribution in [-0.4, -0.2) is 16.8 Å². The second-order valence-electron chi connectivity index (χ2n) is 2.92. The molecule has 1 rings (SSSR count). The Balaban J connectivity index is 3.02. The lowest BCUT2D eigenvalue weighted by molar-refractivity contribution is 0.166. The van der Waals surface area contributed by atoms with E-state index in [-0.39, 0.29) is 15.8 Å². The van der Waals surface area contributed by atoms with Crippen molar-refractivity contribution < 1.29 is 14.6 Å². The molecule has 1 unspecified atom stereocenters. The standard InChI is InChI=1S/C9H11BrFNO2/c10-6-3-5(8(13)1-2-12)9(14)4-7(6)11/h3-4,8,13-14H,1-2,12H2. The van der Waals surface area contributed by atoms with Crippen LogP contribution in [0.15, 0.2) is 16.6 Å². The summed E-state index contributed by atoms with van der Waals surface area (Å²) in [6.45, 7) is 0.301. The lowest BCUT2D eigenvalue weighted by atomic mass is 10.1. The van der Waals surface area contributed by atoms with Gasteiger partial charge in [0.1, 0.15) is 11.6 Å². The molecule has 0 bridgehead atoms. The number of rotatable bonds is 3. The van der Waals surface area contributed by atoms with Crippen LogP contribution in [0.1, 0.15) is 18.1 Å². The van der Waals surface area contributed by atoms with Gasteiger partial charge in [-0.2, -0.15) is 0 Å². The van der Waals surface area contributed by atoms with E-state index in [1.54, 1.807) is 0 Å². The predicted octanol–water partition coefficient (Wildman–Crippen LogP) is 1.68. The van der Waals surface area contributed by atoms with E-state index in [4.69, 9.17) is 5.73 Å². The molecule has 0 radical (unpaired) electrons. The summed E-state index contributed by atoms with van der Waals surface area (Å²) in [5.41, 5.74) is 5.54. The summed E-state index contributed by atoms with van der Waals surface area (Å²) in [6.07, 6.45) is -0.539. The number of hydrogen-bond acceptors (Lipinski definition) is 3. The molecule has 0 saturated heterocycles. The molecule has 3 nitrogen and oxygen atoms in total. The number of nitrogens with two attached hydrogens (primary N) is 1. The Morgan fingerprint density at radius 1 is 1.50 bits per heavy atom. The van der Waals surface area contributed by atoms with Gasteiger partial charge in [-0.25, -0.2) is 4.39 Å². The molecule has 0 saturated carbocycles. The minimum Gasteiger partial charge on any atom is -0.507 e. The largest absolute Gasteiger partial charge is 0.507 e. The highest BCUT2D eigenvalue weighted by molar-refractivity contribution is 9.10. The molecule has 4 N–H and O–H groups in total. The number of halogens is 2. The quantitative estimate of drug-likeness (QED) is 0.778. The summed E-state index contributed by atoms with van der Waals surface area (Å²) in [7, 11) is 0. The highest BCUT2D eigenvalue weighted by Gasteiger charge is 2.14. The fourth-order valence-corrected chi connectivity index (χ4v) is 1.49. The van der Waals surface area contributed by atoms with Crippen LogP contribution >= 0.6 is 15.9 Å². The molecular formula is C9H11BrFNO2. The first-order valence-electron chi connectivity index (χ1n) is 4.12. The maximum atomic E-state index is 12.9. The number of phenols is 1. The van der Waals surface area contributed by atoms with Crippen molar-refractivity contribution in [3.05, 3.63) is 28.0 Å². The van der Waals surface area contributed by atoms with Gasteiger partial charge in [0.15, 0.2) is 0 Å². The van der Waals surface area contributed by atoms with Gasteiger partial charge in [-0.3, -0.25) is 0 Å². The van der Waals surface area contributed by atoms with E-state index in [0.29, 0.717) is 13.0 Å². The number of aliphatic hydroxyl groups is 1. The lowest BCUT2D eigenvalue weighted by Gasteiger charge is -2.12. The lowest BCUT2D eigenvalue weighted by Crippen LogP contribution is -2.07. The van der Waals surface area contributed by atoms with Gasteiger partial charge in [0.05, 0.1) is 10.6 Å². The van der Waals surface area contributed by atoms with Crippen molar-refractivity contribution in [1.82, 2.24) is 0 Å². The first kappa shape index (κ1) is 11.4. The van der Waals surface area contributed by atoms with Gasteiger partial charge >= 0.3 is 0 Å². The summed E-state index contributed by atoms with van der Waals surface area (Å²) in [6, 6.07) is 2.31. The fraction of sp³-hybridized carbons (Fsp3) is 0.333. The Bertz CT molecular complexity index is 333. The molecule has 0 aliphatic carbocycles. The normalized spacial score (nSPS) is 12.9. The van der Waals surface area contributed by atoms with E-state index in [1.807, 2.05) is 0 Å². The Labute approximate surface area is 89.5 Å². The van der Waals surface area contributed by atoms with Gasteiger partial charge < -0.3 is 15.9 Å². The van der Waals surface area contributed by atoms with Crippen LogP contribution in [0.3, 0.4) is 0 Å². The van der Waals surface area contributed by atoms with Crippen LogP contribution in [0.25, 0.3) is 0 Å². The molecule has 78 valence electrons. The molecule has 0 amide bonds. The number of hydrogen-bond donors (Lipinski definition) is 3. The van der Waals surface area contributed by atoms with Crippen LogP contribution in [0.5, 0.6) is 5.75 Å². The Morgan fingerprint density at radius 3 is 2.71 bits per heavy atom. The van der Waals surface area contributed by atoms with Crippen molar-refractivity contribution in [3.63, 3.8) is 0 Å². The molecule has 0 heterocycles. The predicted molar refractivity (Wildman–Crippen MR) is 54.4 cm³/mol. The van der Waals surface area contributed by atoms with Crippen LogP contribution in [0.2, 0.25) is 0 Å².